The number of rotatable bonds is 4. The quantitative estimate of drug-likeness (QED) is 0.759. The van der Waals surface area contributed by atoms with E-state index in [1.54, 1.807) is 49.6 Å². The Labute approximate surface area is 137 Å². The van der Waals surface area contributed by atoms with Gasteiger partial charge in [-0.25, -0.2) is 8.42 Å². The van der Waals surface area contributed by atoms with Crippen molar-refractivity contribution in [2.24, 2.45) is 0 Å². The lowest BCUT2D eigenvalue weighted by Crippen LogP contribution is -2.03. The smallest absolute Gasteiger partial charge is 0.216 e. The molecule has 0 heterocycles. The summed E-state index contributed by atoms with van der Waals surface area (Å²) in [6.45, 7) is 0. The van der Waals surface area contributed by atoms with Crippen LogP contribution in [0.4, 0.5) is 0 Å². The van der Waals surface area contributed by atoms with Gasteiger partial charge in [-0.1, -0.05) is 28.1 Å². The van der Waals surface area contributed by atoms with Gasteiger partial charge in [0.25, 0.3) is 0 Å². The van der Waals surface area contributed by atoms with Crippen LogP contribution < -0.4 is 4.74 Å². The highest BCUT2D eigenvalue weighted by molar-refractivity contribution is 9.10. The summed E-state index contributed by atoms with van der Waals surface area (Å²) >= 11 is 3.25. The highest BCUT2D eigenvalue weighted by atomic mass is 79.9. The molecule has 0 aromatic heterocycles. The van der Waals surface area contributed by atoms with Crippen molar-refractivity contribution >= 4 is 31.8 Å². The molecule has 4 nitrogen and oxygen atoms in total. The number of hydrogen-bond acceptors (Lipinski definition) is 4. The molecule has 2 rings (SSSR count). The van der Waals surface area contributed by atoms with Crippen LogP contribution in [0.5, 0.6) is 5.75 Å². The maximum Gasteiger partial charge on any atom is 0.216 e. The van der Waals surface area contributed by atoms with Crippen LogP contribution in [-0.4, -0.2) is 15.5 Å². The van der Waals surface area contributed by atoms with Crippen LogP contribution in [-0.2, 0) is 9.84 Å². The summed E-state index contributed by atoms with van der Waals surface area (Å²) in [5.41, 5.74) is 0.609. The minimum absolute atomic E-state index is 0.0806. The zero-order chi connectivity index (χ0) is 16.2. The van der Waals surface area contributed by atoms with Crippen LogP contribution in [0.1, 0.15) is 5.56 Å². The second kappa shape index (κ2) is 6.77. The summed E-state index contributed by atoms with van der Waals surface area (Å²) in [6.07, 6.45) is 1.34. The zero-order valence-corrected chi connectivity index (χ0v) is 14.1. The van der Waals surface area contributed by atoms with E-state index in [-0.39, 0.29) is 9.80 Å². The molecular formula is C16H12BrNO3S. The molecule has 0 saturated heterocycles. The number of nitrogens with zero attached hydrogens (tertiary/aromatic N) is 1. The van der Waals surface area contributed by atoms with Gasteiger partial charge in [0.05, 0.1) is 12.0 Å². The lowest BCUT2D eigenvalue weighted by Gasteiger charge is -2.04. The van der Waals surface area contributed by atoms with Gasteiger partial charge in [0, 0.05) is 4.47 Å². The van der Waals surface area contributed by atoms with Crippen LogP contribution in [0.25, 0.3) is 6.08 Å². The summed E-state index contributed by atoms with van der Waals surface area (Å²) in [7, 11) is -2.29. The minimum Gasteiger partial charge on any atom is -0.497 e. The van der Waals surface area contributed by atoms with Crippen LogP contribution in [0.15, 0.2) is 62.8 Å². The Morgan fingerprint density at radius 2 is 1.73 bits per heavy atom. The third-order valence-electron chi connectivity index (χ3n) is 2.94. The van der Waals surface area contributed by atoms with Crippen molar-refractivity contribution in [3.63, 3.8) is 0 Å². The largest absolute Gasteiger partial charge is 0.497 e. The van der Waals surface area contributed by atoms with Crippen LogP contribution in [0.2, 0.25) is 0 Å². The molecule has 2 aromatic carbocycles. The first-order chi connectivity index (χ1) is 10.5. The molecule has 0 aliphatic rings. The Bertz CT molecular complexity index is 832. The number of benzene rings is 2. The second-order valence-electron chi connectivity index (χ2n) is 4.35. The molecule has 0 saturated carbocycles. The first-order valence-corrected chi connectivity index (χ1v) is 8.51. The van der Waals surface area contributed by atoms with E-state index in [4.69, 9.17) is 4.74 Å². The van der Waals surface area contributed by atoms with Crippen molar-refractivity contribution in [1.82, 2.24) is 0 Å². The number of ether oxygens (including phenoxy) is 1. The van der Waals surface area contributed by atoms with Gasteiger partial charge in [0.1, 0.15) is 16.7 Å². The Hall–Kier alpha value is -2.10. The van der Waals surface area contributed by atoms with E-state index >= 15 is 0 Å². The molecular weight excluding hydrogens is 366 g/mol. The van der Waals surface area contributed by atoms with Crippen molar-refractivity contribution in [3.8, 4) is 11.8 Å². The number of sulfone groups is 1. The fourth-order valence-electron chi connectivity index (χ4n) is 1.76. The number of hydrogen-bond donors (Lipinski definition) is 0. The number of allylic oxidation sites excluding steroid dienone is 1. The minimum atomic E-state index is -3.83. The predicted octanol–water partition coefficient (Wildman–Crippen LogP) is 3.80. The van der Waals surface area contributed by atoms with E-state index in [1.807, 2.05) is 0 Å². The molecule has 2 aromatic rings. The van der Waals surface area contributed by atoms with Gasteiger partial charge in [0.2, 0.25) is 9.84 Å². The van der Waals surface area contributed by atoms with E-state index in [0.717, 1.165) is 4.47 Å². The number of halogens is 1. The topological polar surface area (TPSA) is 67.2 Å². The lowest BCUT2D eigenvalue weighted by atomic mass is 10.2. The standard InChI is InChI=1S/C16H12BrNO3S/c1-21-14-6-2-12(3-7-14)10-16(11-18)22(19,20)15-8-4-13(17)5-9-15/h2-10H,1H3/b16-10+. The number of nitriles is 1. The van der Waals surface area contributed by atoms with Gasteiger partial charge in [-0.15, -0.1) is 0 Å². The SMILES string of the molecule is COc1ccc(/C=C(\C#N)S(=O)(=O)c2ccc(Br)cc2)cc1. The molecule has 0 fully saturated rings. The fourth-order valence-corrected chi connectivity index (χ4v) is 3.19. The van der Waals surface area contributed by atoms with Crippen molar-refractivity contribution in [2.45, 2.75) is 4.90 Å². The molecule has 0 bridgehead atoms. The van der Waals surface area contributed by atoms with Gasteiger partial charge in [-0.2, -0.15) is 5.26 Å². The third-order valence-corrected chi connectivity index (χ3v) is 5.15. The monoisotopic (exact) mass is 377 g/mol. The number of methoxy groups -OCH3 is 1. The lowest BCUT2D eigenvalue weighted by molar-refractivity contribution is 0.415. The zero-order valence-electron chi connectivity index (χ0n) is 11.7. The average Bonchev–Trinajstić information content (AvgIpc) is 2.53. The molecule has 0 N–H and O–H groups in total. The first kappa shape index (κ1) is 16.3. The van der Waals surface area contributed by atoms with Gasteiger partial charge in [-0.3, -0.25) is 0 Å². The first-order valence-electron chi connectivity index (χ1n) is 6.24. The predicted molar refractivity (Wildman–Crippen MR) is 87.9 cm³/mol. The molecule has 0 atom stereocenters. The van der Waals surface area contributed by atoms with Crippen molar-refractivity contribution in [1.29, 1.82) is 5.26 Å². The van der Waals surface area contributed by atoms with Crippen LogP contribution >= 0.6 is 15.9 Å². The Morgan fingerprint density at radius 3 is 2.23 bits per heavy atom. The summed E-state index contributed by atoms with van der Waals surface area (Å²) in [5.74, 6) is 0.659. The fraction of sp³-hybridized carbons (Fsp3) is 0.0625. The van der Waals surface area contributed by atoms with Gasteiger partial charge >= 0.3 is 0 Å². The summed E-state index contributed by atoms with van der Waals surface area (Å²) in [6, 6.07) is 14.7. The van der Waals surface area contributed by atoms with Gasteiger partial charge in [-0.05, 0) is 48.0 Å². The molecule has 0 amide bonds. The van der Waals surface area contributed by atoms with E-state index < -0.39 is 9.84 Å². The van der Waals surface area contributed by atoms with Crippen molar-refractivity contribution in [3.05, 3.63) is 63.5 Å². The molecule has 0 unspecified atom stereocenters. The normalized spacial score (nSPS) is 11.8. The Kier molecular flexibility index (Phi) is 5.01. The molecule has 6 heteroatoms. The highest BCUT2D eigenvalue weighted by Gasteiger charge is 2.20. The molecule has 0 aliphatic carbocycles. The Morgan fingerprint density at radius 1 is 1.14 bits per heavy atom. The average molecular weight is 378 g/mol. The summed E-state index contributed by atoms with van der Waals surface area (Å²) in [5, 5.41) is 9.21. The maximum atomic E-state index is 12.5. The highest BCUT2D eigenvalue weighted by Crippen LogP contribution is 2.23. The van der Waals surface area contributed by atoms with Crippen LogP contribution in [0, 0.1) is 11.3 Å². The van der Waals surface area contributed by atoms with Gasteiger partial charge < -0.3 is 4.74 Å². The van der Waals surface area contributed by atoms with E-state index in [0.29, 0.717) is 11.3 Å². The Balaban J connectivity index is 2.43. The molecule has 0 aliphatic heterocycles. The van der Waals surface area contributed by atoms with Crippen LogP contribution in [0.3, 0.4) is 0 Å². The van der Waals surface area contributed by atoms with E-state index in [9.17, 15) is 13.7 Å². The summed E-state index contributed by atoms with van der Waals surface area (Å²) < 4.78 is 30.8. The van der Waals surface area contributed by atoms with Crippen molar-refractivity contribution < 1.29 is 13.2 Å². The molecule has 0 spiro atoms. The van der Waals surface area contributed by atoms with E-state index in [1.165, 1.54) is 18.2 Å². The third kappa shape index (κ3) is 3.56. The molecule has 22 heavy (non-hydrogen) atoms. The second-order valence-corrected chi connectivity index (χ2v) is 7.18. The molecule has 0 radical (unpaired) electrons. The summed E-state index contributed by atoms with van der Waals surface area (Å²) in [4.78, 5) is -0.225. The van der Waals surface area contributed by atoms with E-state index in [2.05, 4.69) is 15.9 Å². The van der Waals surface area contributed by atoms with Gasteiger partial charge in [0.15, 0.2) is 0 Å². The van der Waals surface area contributed by atoms with Crippen molar-refractivity contribution in [2.75, 3.05) is 7.11 Å². The molecule has 112 valence electrons. The maximum absolute atomic E-state index is 12.5.